The number of carbonyl (C=O) groups excluding carboxylic acids is 2. The zero-order valence-corrected chi connectivity index (χ0v) is 16.4. The van der Waals surface area contributed by atoms with E-state index in [9.17, 15) is 22.4 Å². The van der Waals surface area contributed by atoms with Crippen LogP contribution in [0.2, 0.25) is 0 Å². The molecule has 0 spiro atoms. The number of sulfonamides is 1. The summed E-state index contributed by atoms with van der Waals surface area (Å²) < 4.78 is 40.3. The van der Waals surface area contributed by atoms with Gasteiger partial charge in [0.25, 0.3) is 0 Å². The number of halogens is 1. The summed E-state index contributed by atoms with van der Waals surface area (Å²) in [4.78, 5) is 28.7. The summed E-state index contributed by atoms with van der Waals surface area (Å²) in [5.74, 6) is -0.379. The van der Waals surface area contributed by atoms with Gasteiger partial charge in [0.15, 0.2) is 0 Å². The van der Waals surface area contributed by atoms with Gasteiger partial charge in [-0.3, -0.25) is 9.59 Å². The van der Waals surface area contributed by atoms with Crippen molar-refractivity contribution in [2.24, 2.45) is 5.92 Å². The molecule has 0 bridgehead atoms. The first-order valence-electron chi connectivity index (χ1n) is 9.73. The monoisotopic (exact) mass is 409 g/mol. The molecule has 3 fully saturated rings. The first-order valence-corrected chi connectivity index (χ1v) is 11.2. The summed E-state index contributed by atoms with van der Waals surface area (Å²) in [7, 11) is -3.86. The Morgan fingerprint density at radius 3 is 2.00 bits per heavy atom. The smallest absolute Gasteiger partial charge is 0.243 e. The van der Waals surface area contributed by atoms with E-state index < -0.39 is 21.9 Å². The highest BCUT2D eigenvalue weighted by Crippen LogP contribution is 2.32. The average Bonchev–Trinajstić information content (AvgIpc) is 3.43. The molecule has 0 radical (unpaired) electrons. The topological polar surface area (TPSA) is 78.0 Å². The Bertz CT molecular complexity index is 862. The Morgan fingerprint density at radius 2 is 1.43 bits per heavy atom. The largest absolute Gasteiger partial charge is 0.339 e. The number of carbonyl (C=O) groups is 2. The molecular formula is C19H24FN3O4S. The molecule has 9 heteroatoms. The van der Waals surface area contributed by atoms with E-state index in [0.29, 0.717) is 39.0 Å². The van der Waals surface area contributed by atoms with Gasteiger partial charge < -0.3 is 9.80 Å². The van der Waals surface area contributed by atoms with Crippen LogP contribution in [0.3, 0.4) is 0 Å². The van der Waals surface area contributed by atoms with E-state index in [2.05, 4.69) is 0 Å². The van der Waals surface area contributed by atoms with Crippen LogP contribution in [-0.2, 0) is 19.6 Å². The van der Waals surface area contributed by atoms with Crippen LogP contribution in [-0.4, -0.2) is 73.1 Å². The number of benzene rings is 1. The molecule has 0 aromatic heterocycles. The highest BCUT2D eigenvalue weighted by Gasteiger charge is 2.42. The third-order valence-corrected chi connectivity index (χ3v) is 7.66. The second kappa shape index (κ2) is 7.44. The Labute approximate surface area is 164 Å². The zero-order valence-electron chi connectivity index (χ0n) is 15.6. The molecular weight excluding hydrogens is 385 g/mol. The van der Waals surface area contributed by atoms with Crippen molar-refractivity contribution in [2.45, 2.75) is 36.6 Å². The minimum Gasteiger partial charge on any atom is -0.339 e. The second-order valence-corrected chi connectivity index (χ2v) is 9.54. The predicted molar refractivity (Wildman–Crippen MR) is 99.2 cm³/mol. The maximum Gasteiger partial charge on any atom is 0.243 e. The van der Waals surface area contributed by atoms with E-state index in [1.165, 1.54) is 16.4 Å². The van der Waals surface area contributed by atoms with Gasteiger partial charge in [0, 0.05) is 38.6 Å². The first kappa shape index (κ1) is 19.3. The summed E-state index contributed by atoms with van der Waals surface area (Å²) in [6.45, 7) is 2.13. The van der Waals surface area contributed by atoms with Crippen LogP contribution < -0.4 is 0 Å². The molecule has 1 saturated carbocycles. The Morgan fingerprint density at radius 1 is 0.857 bits per heavy atom. The van der Waals surface area contributed by atoms with Gasteiger partial charge in [-0.1, -0.05) is 0 Å². The molecule has 152 valence electrons. The van der Waals surface area contributed by atoms with E-state index in [0.717, 1.165) is 25.0 Å². The van der Waals surface area contributed by atoms with Crippen LogP contribution in [0, 0.1) is 11.7 Å². The molecule has 3 aliphatic rings. The number of nitrogens with zero attached hydrogens (tertiary/aromatic N) is 3. The van der Waals surface area contributed by atoms with E-state index in [1.54, 1.807) is 4.90 Å². The van der Waals surface area contributed by atoms with Crippen LogP contribution in [0.4, 0.5) is 4.39 Å². The van der Waals surface area contributed by atoms with Gasteiger partial charge >= 0.3 is 0 Å². The van der Waals surface area contributed by atoms with Crippen molar-refractivity contribution < 1.29 is 22.4 Å². The van der Waals surface area contributed by atoms with Crippen molar-refractivity contribution in [1.29, 1.82) is 0 Å². The van der Waals surface area contributed by atoms with Crippen LogP contribution in [0.15, 0.2) is 29.2 Å². The Kier molecular flexibility index (Phi) is 5.13. The molecule has 2 heterocycles. The van der Waals surface area contributed by atoms with E-state index >= 15 is 0 Å². The number of rotatable bonds is 4. The average molecular weight is 409 g/mol. The lowest BCUT2D eigenvalue weighted by atomic mass is 10.2. The third kappa shape index (κ3) is 3.65. The molecule has 4 rings (SSSR count). The predicted octanol–water partition coefficient (Wildman–Crippen LogP) is 1.06. The molecule has 2 aliphatic heterocycles. The molecule has 0 N–H and O–H groups in total. The lowest BCUT2D eigenvalue weighted by Crippen LogP contribution is -2.55. The molecule has 0 unspecified atom stereocenters. The van der Waals surface area contributed by atoms with Gasteiger partial charge in [-0.15, -0.1) is 0 Å². The minimum atomic E-state index is -3.86. The van der Waals surface area contributed by atoms with Crippen molar-refractivity contribution in [3.63, 3.8) is 0 Å². The lowest BCUT2D eigenvalue weighted by Gasteiger charge is -2.37. The first-order chi connectivity index (χ1) is 13.4. The summed E-state index contributed by atoms with van der Waals surface area (Å²) in [6.07, 6.45) is 2.99. The Hall–Kier alpha value is -2.00. The molecule has 28 heavy (non-hydrogen) atoms. The normalized spacial score (nSPS) is 23.8. The second-order valence-electron chi connectivity index (χ2n) is 7.65. The number of amides is 2. The van der Waals surface area contributed by atoms with Crippen molar-refractivity contribution >= 4 is 21.8 Å². The lowest BCUT2D eigenvalue weighted by molar-refractivity contribution is -0.142. The van der Waals surface area contributed by atoms with Gasteiger partial charge in [-0.2, -0.15) is 4.31 Å². The van der Waals surface area contributed by atoms with Gasteiger partial charge in [0.1, 0.15) is 11.9 Å². The highest BCUT2D eigenvalue weighted by molar-refractivity contribution is 7.89. The van der Waals surface area contributed by atoms with Crippen molar-refractivity contribution in [3.8, 4) is 0 Å². The summed E-state index contributed by atoms with van der Waals surface area (Å²) in [5.41, 5.74) is 0. The maximum absolute atomic E-state index is 13.1. The van der Waals surface area contributed by atoms with Crippen LogP contribution >= 0.6 is 0 Å². The molecule has 7 nitrogen and oxygen atoms in total. The molecule has 1 aromatic rings. The van der Waals surface area contributed by atoms with E-state index in [1.807, 2.05) is 4.90 Å². The van der Waals surface area contributed by atoms with Crippen molar-refractivity contribution in [1.82, 2.24) is 14.1 Å². The molecule has 1 aliphatic carbocycles. The van der Waals surface area contributed by atoms with Gasteiger partial charge in [-0.25, -0.2) is 12.8 Å². The SMILES string of the molecule is O=C(C1CC1)N1CCN(C(=O)[C@@H]2CCCN2S(=O)(=O)c2ccc(F)cc2)CC1. The molecule has 2 saturated heterocycles. The Balaban J connectivity index is 1.43. The summed E-state index contributed by atoms with van der Waals surface area (Å²) in [5, 5.41) is 0. The van der Waals surface area contributed by atoms with Gasteiger partial charge in [0.2, 0.25) is 21.8 Å². The maximum atomic E-state index is 13.1. The highest BCUT2D eigenvalue weighted by atomic mass is 32.2. The van der Waals surface area contributed by atoms with Gasteiger partial charge in [-0.05, 0) is 49.9 Å². The summed E-state index contributed by atoms with van der Waals surface area (Å²) in [6, 6.07) is 3.94. The number of hydrogen-bond donors (Lipinski definition) is 0. The van der Waals surface area contributed by atoms with Crippen LogP contribution in [0.1, 0.15) is 25.7 Å². The fraction of sp³-hybridized carbons (Fsp3) is 0.579. The third-order valence-electron chi connectivity index (χ3n) is 5.74. The van der Waals surface area contributed by atoms with Crippen LogP contribution in [0.25, 0.3) is 0 Å². The van der Waals surface area contributed by atoms with Crippen molar-refractivity contribution in [3.05, 3.63) is 30.1 Å². The number of piperazine rings is 1. The fourth-order valence-corrected chi connectivity index (χ4v) is 5.61. The molecule has 1 aromatic carbocycles. The van der Waals surface area contributed by atoms with Gasteiger partial charge in [0.05, 0.1) is 4.90 Å². The number of hydrogen-bond acceptors (Lipinski definition) is 4. The van der Waals surface area contributed by atoms with E-state index in [4.69, 9.17) is 0 Å². The molecule has 1 atom stereocenters. The van der Waals surface area contributed by atoms with Crippen molar-refractivity contribution in [2.75, 3.05) is 32.7 Å². The fourth-order valence-electron chi connectivity index (χ4n) is 3.96. The van der Waals surface area contributed by atoms with E-state index in [-0.39, 0.29) is 29.2 Å². The summed E-state index contributed by atoms with van der Waals surface area (Å²) >= 11 is 0. The van der Waals surface area contributed by atoms with Crippen LogP contribution in [0.5, 0.6) is 0 Å². The minimum absolute atomic E-state index is 0.00607. The quantitative estimate of drug-likeness (QED) is 0.745. The standard InChI is InChI=1S/C19H24FN3O4S/c20-15-5-7-16(8-6-15)28(26,27)23-9-1-2-17(23)19(25)22-12-10-21(11-13-22)18(24)14-3-4-14/h5-8,14,17H,1-4,9-13H2/t17-/m0/s1. The molecule has 2 amide bonds. The zero-order chi connectivity index (χ0) is 19.9.